The van der Waals surface area contributed by atoms with Gasteiger partial charge in [0.25, 0.3) is 0 Å². The summed E-state index contributed by atoms with van der Waals surface area (Å²) >= 11 is 0. The predicted molar refractivity (Wildman–Crippen MR) is 107 cm³/mol. The van der Waals surface area contributed by atoms with Crippen molar-refractivity contribution in [1.82, 2.24) is 0 Å². The van der Waals surface area contributed by atoms with Crippen LogP contribution in [0.1, 0.15) is 32.3 Å². The molecule has 0 aromatic heterocycles. The maximum atomic E-state index is 12.6. The maximum absolute atomic E-state index is 12.6. The van der Waals surface area contributed by atoms with Gasteiger partial charge in [-0.05, 0) is 29.7 Å². The number of methoxy groups -OCH3 is 2. The minimum Gasteiger partial charge on any atom is -0.493 e. The smallest absolute Gasteiger partial charge is 0.244 e. The summed E-state index contributed by atoms with van der Waals surface area (Å²) in [6, 6.07) is 12.7. The summed E-state index contributed by atoms with van der Waals surface area (Å²) in [5.74, 6) is 0.842. The summed E-state index contributed by atoms with van der Waals surface area (Å²) in [6.45, 7) is 5.50. The second-order valence-corrected chi connectivity index (χ2v) is 6.44. The Balaban J connectivity index is 2.20. The van der Waals surface area contributed by atoms with E-state index in [9.17, 15) is 9.59 Å². The van der Waals surface area contributed by atoms with Crippen molar-refractivity contribution in [2.75, 3.05) is 31.0 Å². The molecule has 27 heavy (non-hydrogen) atoms. The van der Waals surface area contributed by atoms with Crippen molar-refractivity contribution in [2.45, 2.75) is 26.7 Å². The number of carbonyl (C=O) groups excluding carboxylic acids is 2. The molecular weight excluding hydrogens is 344 g/mol. The number of nitrogens with one attached hydrogen (secondary N) is 1. The molecule has 144 valence electrons. The fourth-order valence-electron chi connectivity index (χ4n) is 2.85. The number of ether oxygens (including phenoxy) is 2. The van der Waals surface area contributed by atoms with E-state index in [0.29, 0.717) is 17.2 Å². The van der Waals surface area contributed by atoms with Crippen molar-refractivity contribution in [3.8, 4) is 11.5 Å². The largest absolute Gasteiger partial charge is 0.493 e. The minimum atomic E-state index is -0.295. The lowest BCUT2D eigenvalue weighted by molar-refractivity contribution is -0.120. The highest BCUT2D eigenvalue weighted by Crippen LogP contribution is 2.30. The van der Waals surface area contributed by atoms with Crippen molar-refractivity contribution >= 4 is 23.2 Å². The van der Waals surface area contributed by atoms with E-state index in [4.69, 9.17) is 9.47 Å². The number of carbonyl (C=O) groups is 2. The Hall–Kier alpha value is -3.02. The molecule has 0 heterocycles. The molecule has 1 N–H and O–H groups in total. The van der Waals surface area contributed by atoms with Gasteiger partial charge in [0.2, 0.25) is 11.8 Å². The molecule has 0 saturated heterocycles. The third-order valence-electron chi connectivity index (χ3n) is 4.20. The van der Waals surface area contributed by atoms with Gasteiger partial charge in [0.05, 0.1) is 14.2 Å². The molecule has 0 bridgehead atoms. The third kappa shape index (κ3) is 5.00. The van der Waals surface area contributed by atoms with Crippen molar-refractivity contribution in [3.63, 3.8) is 0 Å². The van der Waals surface area contributed by atoms with E-state index in [-0.39, 0.29) is 24.3 Å². The summed E-state index contributed by atoms with van der Waals surface area (Å²) in [5.41, 5.74) is 2.34. The second kappa shape index (κ2) is 9.07. The number of hydrogen-bond donors (Lipinski definition) is 1. The summed E-state index contributed by atoms with van der Waals surface area (Å²) in [7, 11) is 3.08. The first-order chi connectivity index (χ1) is 12.9. The Bertz CT molecular complexity index is 818. The van der Waals surface area contributed by atoms with E-state index >= 15 is 0 Å². The molecule has 6 heteroatoms. The highest BCUT2D eigenvalue weighted by molar-refractivity contribution is 6.02. The summed E-state index contributed by atoms with van der Waals surface area (Å²) < 4.78 is 10.4. The van der Waals surface area contributed by atoms with Crippen molar-refractivity contribution < 1.29 is 19.1 Å². The van der Waals surface area contributed by atoms with Gasteiger partial charge >= 0.3 is 0 Å². The van der Waals surface area contributed by atoms with Gasteiger partial charge in [-0.15, -0.1) is 0 Å². The van der Waals surface area contributed by atoms with Crippen molar-refractivity contribution in [1.29, 1.82) is 0 Å². The van der Waals surface area contributed by atoms with Gasteiger partial charge in [-0.1, -0.05) is 32.0 Å². The lowest BCUT2D eigenvalue weighted by atomic mass is 10.0. The average Bonchev–Trinajstić information content (AvgIpc) is 2.65. The fraction of sp³-hybridized carbons (Fsp3) is 0.333. The summed E-state index contributed by atoms with van der Waals surface area (Å²) in [4.78, 5) is 26.3. The quantitative estimate of drug-likeness (QED) is 0.804. The zero-order valence-electron chi connectivity index (χ0n) is 16.4. The highest BCUT2D eigenvalue weighted by Gasteiger charge is 2.20. The van der Waals surface area contributed by atoms with Crippen LogP contribution in [0.15, 0.2) is 42.5 Å². The molecule has 2 aromatic carbocycles. The van der Waals surface area contributed by atoms with Crippen LogP contribution in [0.4, 0.5) is 11.4 Å². The SMILES string of the molecule is COc1ccc(NC(=O)CN(C(C)=O)c2ccccc2C(C)C)cc1OC. The Morgan fingerprint density at radius 3 is 2.30 bits per heavy atom. The van der Waals surface area contributed by atoms with Crippen LogP contribution in [0.2, 0.25) is 0 Å². The molecule has 0 aliphatic rings. The zero-order valence-corrected chi connectivity index (χ0v) is 16.4. The minimum absolute atomic E-state index is 0.0760. The Morgan fingerprint density at radius 2 is 1.70 bits per heavy atom. The molecule has 0 unspecified atom stereocenters. The van der Waals surface area contributed by atoms with E-state index in [1.807, 2.05) is 24.3 Å². The van der Waals surface area contributed by atoms with Crippen LogP contribution in [-0.4, -0.2) is 32.6 Å². The van der Waals surface area contributed by atoms with Crippen LogP contribution in [0.25, 0.3) is 0 Å². The third-order valence-corrected chi connectivity index (χ3v) is 4.20. The number of para-hydroxylation sites is 1. The van der Waals surface area contributed by atoms with Crippen LogP contribution in [-0.2, 0) is 9.59 Å². The Kier molecular flexibility index (Phi) is 6.82. The molecule has 0 aliphatic carbocycles. The van der Waals surface area contributed by atoms with E-state index in [1.54, 1.807) is 25.3 Å². The standard InChI is InChI=1S/C21H26N2O4/c1-14(2)17-8-6-7-9-18(17)23(15(3)24)13-21(25)22-16-10-11-19(26-4)20(12-16)27-5/h6-12,14H,13H2,1-5H3,(H,22,25). The zero-order chi connectivity index (χ0) is 20.0. The fourth-order valence-corrected chi connectivity index (χ4v) is 2.85. The number of nitrogens with zero attached hydrogens (tertiary/aromatic N) is 1. The molecule has 0 radical (unpaired) electrons. The normalized spacial score (nSPS) is 10.4. The molecule has 6 nitrogen and oxygen atoms in total. The summed E-state index contributed by atoms with van der Waals surface area (Å²) in [5, 5.41) is 2.80. The number of rotatable bonds is 7. The van der Waals surface area contributed by atoms with Gasteiger partial charge in [-0.25, -0.2) is 0 Å². The van der Waals surface area contributed by atoms with Crippen LogP contribution in [0.5, 0.6) is 11.5 Å². The topological polar surface area (TPSA) is 67.9 Å². The first kappa shape index (κ1) is 20.3. The van der Waals surface area contributed by atoms with Gasteiger partial charge in [0.1, 0.15) is 6.54 Å². The second-order valence-electron chi connectivity index (χ2n) is 6.44. The molecular formula is C21H26N2O4. The van der Waals surface area contributed by atoms with E-state index in [1.165, 1.54) is 18.9 Å². The molecule has 0 atom stereocenters. The predicted octanol–water partition coefficient (Wildman–Crippen LogP) is 3.82. The van der Waals surface area contributed by atoms with Gasteiger partial charge in [-0.2, -0.15) is 0 Å². The molecule has 0 spiro atoms. The lowest BCUT2D eigenvalue weighted by Gasteiger charge is -2.25. The first-order valence-electron chi connectivity index (χ1n) is 8.76. The number of benzene rings is 2. The van der Waals surface area contributed by atoms with Crippen LogP contribution >= 0.6 is 0 Å². The molecule has 0 aliphatic heterocycles. The molecule has 2 aromatic rings. The van der Waals surface area contributed by atoms with Gasteiger partial charge < -0.3 is 19.7 Å². The Labute approximate surface area is 160 Å². The van der Waals surface area contributed by atoms with E-state index < -0.39 is 0 Å². The van der Waals surface area contributed by atoms with E-state index in [0.717, 1.165) is 11.3 Å². The first-order valence-corrected chi connectivity index (χ1v) is 8.76. The monoisotopic (exact) mass is 370 g/mol. The number of amides is 2. The van der Waals surface area contributed by atoms with Crippen molar-refractivity contribution in [2.24, 2.45) is 0 Å². The number of anilines is 2. The van der Waals surface area contributed by atoms with Crippen LogP contribution < -0.4 is 19.7 Å². The number of hydrogen-bond acceptors (Lipinski definition) is 4. The van der Waals surface area contributed by atoms with Gasteiger partial charge in [-0.3, -0.25) is 9.59 Å². The lowest BCUT2D eigenvalue weighted by Crippen LogP contribution is -2.37. The maximum Gasteiger partial charge on any atom is 0.244 e. The van der Waals surface area contributed by atoms with Gasteiger partial charge in [0.15, 0.2) is 11.5 Å². The molecule has 2 amide bonds. The Morgan fingerprint density at radius 1 is 1.04 bits per heavy atom. The highest BCUT2D eigenvalue weighted by atomic mass is 16.5. The van der Waals surface area contributed by atoms with Crippen LogP contribution in [0, 0.1) is 0 Å². The summed E-state index contributed by atoms with van der Waals surface area (Å²) in [6.07, 6.45) is 0. The van der Waals surface area contributed by atoms with E-state index in [2.05, 4.69) is 19.2 Å². The molecule has 0 saturated carbocycles. The molecule has 0 fully saturated rings. The average molecular weight is 370 g/mol. The van der Waals surface area contributed by atoms with Gasteiger partial charge in [0, 0.05) is 24.4 Å². The van der Waals surface area contributed by atoms with Crippen molar-refractivity contribution in [3.05, 3.63) is 48.0 Å². The van der Waals surface area contributed by atoms with Crippen LogP contribution in [0.3, 0.4) is 0 Å². The molecule has 2 rings (SSSR count).